The molecule has 1 atom stereocenters. The summed E-state index contributed by atoms with van der Waals surface area (Å²) in [6.45, 7) is 1.95. The number of benzene rings is 2. The van der Waals surface area contributed by atoms with E-state index in [1.165, 1.54) is 0 Å². The molecule has 1 unspecified atom stereocenters. The second-order valence-corrected chi connectivity index (χ2v) is 4.91. The quantitative estimate of drug-likeness (QED) is 0.790. The topological polar surface area (TPSA) is 46.0 Å². The molecule has 0 fully saturated rings. The van der Waals surface area contributed by atoms with Gasteiger partial charge in [-0.15, -0.1) is 0 Å². The highest BCUT2D eigenvalue weighted by molar-refractivity contribution is 5.86. The van der Waals surface area contributed by atoms with Gasteiger partial charge in [-0.2, -0.15) is 10.2 Å². The summed E-state index contributed by atoms with van der Waals surface area (Å²) in [6.07, 6.45) is -0.0886. The first-order chi connectivity index (χ1) is 9.75. The standard InChI is InChI=1S/C17H16N2O/c1-12-14-9-5-6-10-15(14)16(19-18-12)11-17(20)13-7-3-2-4-8-13/h2-10,17,20H,11H2,1H3. The lowest BCUT2D eigenvalue weighted by Gasteiger charge is -2.12. The van der Waals surface area contributed by atoms with Crippen molar-refractivity contribution in [2.24, 2.45) is 0 Å². The molecule has 0 bridgehead atoms. The molecular formula is C17H16N2O. The molecule has 0 aliphatic carbocycles. The number of aromatic nitrogens is 2. The Kier molecular flexibility index (Phi) is 3.44. The molecule has 20 heavy (non-hydrogen) atoms. The average Bonchev–Trinajstić information content (AvgIpc) is 2.51. The molecule has 3 aromatic rings. The first-order valence-corrected chi connectivity index (χ1v) is 6.69. The van der Waals surface area contributed by atoms with Crippen LogP contribution in [0.3, 0.4) is 0 Å². The van der Waals surface area contributed by atoms with Crippen LogP contribution in [0.1, 0.15) is 23.1 Å². The van der Waals surface area contributed by atoms with Crippen LogP contribution in [0, 0.1) is 6.92 Å². The lowest BCUT2D eigenvalue weighted by molar-refractivity contribution is 0.177. The summed E-state index contributed by atoms with van der Waals surface area (Å²) in [6, 6.07) is 17.7. The number of aliphatic hydroxyl groups excluding tert-OH is 1. The maximum absolute atomic E-state index is 10.3. The predicted octanol–water partition coefficient (Wildman–Crippen LogP) is 3.21. The normalized spacial score (nSPS) is 12.5. The number of nitrogens with zero attached hydrogens (tertiary/aromatic N) is 2. The summed E-state index contributed by atoms with van der Waals surface area (Å²) in [5, 5.41) is 20.9. The molecule has 0 spiro atoms. The number of aryl methyl sites for hydroxylation is 1. The van der Waals surface area contributed by atoms with Gasteiger partial charge in [0.1, 0.15) is 0 Å². The summed E-state index contributed by atoms with van der Waals surface area (Å²) in [4.78, 5) is 0. The van der Waals surface area contributed by atoms with Gasteiger partial charge >= 0.3 is 0 Å². The Morgan fingerprint density at radius 1 is 0.900 bits per heavy atom. The third-order valence-electron chi connectivity index (χ3n) is 3.52. The van der Waals surface area contributed by atoms with Crippen molar-refractivity contribution in [3.8, 4) is 0 Å². The van der Waals surface area contributed by atoms with Crippen molar-refractivity contribution in [1.82, 2.24) is 10.2 Å². The smallest absolute Gasteiger partial charge is 0.0846 e. The highest BCUT2D eigenvalue weighted by Gasteiger charge is 2.13. The van der Waals surface area contributed by atoms with Crippen molar-refractivity contribution in [2.45, 2.75) is 19.4 Å². The fraction of sp³-hybridized carbons (Fsp3) is 0.176. The molecule has 0 radical (unpaired) electrons. The van der Waals surface area contributed by atoms with Gasteiger partial charge in [0.2, 0.25) is 0 Å². The van der Waals surface area contributed by atoms with E-state index in [1.54, 1.807) is 0 Å². The number of fused-ring (bicyclic) bond motifs is 1. The Bertz CT molecular complexity index is 725. The molecule has 0 aliphatic rings. The fourth-order valence-corrected chi connectivity index (χ4v) is 2.42. The Balaban J connectivity index is 1.97. The second kappa shape index (κ2) is 5.39. The number of aliphatic hydroxyl groups is 1. The number of rotatable bonds is 3. The summed E-state index contributed by atoms with van der Waals surface area (Å²) in [5.74, 6) is 0. The van der Waals surface area contributed by atoms with E-state index >= 15 is 0 Å². The van der Waals surface area contributed by atoms with Gasteiger partial charge in [-0.1, -0.05) is 54.6 Å². The van der Waals surface area contributed by atoms with E-state index in [0.29, 0.717) is 6.42 Å². The van der Waals surface area contributed by atoms with Crippen LogP contribution in [-0.4, -0.2) is 15.3 Å². The van der Waals surface area contributed by atoms with Gasteiger partial charge < -0.3 is 5.11 Å². The fourth-order valence-electron chi connectivity index (χ4n) is 2.42. The largest absolute Gasteiger partial charge is 0.388 e. The highest BCUT2D eigenvalue weighted by atomic mass is 16.3. The average molecular weight is 264 g/mol. The van der Waals surface area contributed by atoms with Gasteiger partial charge in [-0.05, 0) is 12.5 Å². The molecule has 1 heterocycles. The van der Waals surface area contributed by atoms with Gasteiger partial charge in [0, 0.05) is 17.2 Å². The third-order valence-corrected chi connectivity index (χ3v) is 3.52. The molecule has 0 amide bonds. The van der Waals surface area contributed by atoms with Crippen molar-refractivity contribution in [2.75, 3.05) is 0 Å². The summed E-state index contributed by atoms with van der Waals surface area (Å²) < 4.78 is 0. The van der Waals surface area contributed by atoms with E-state index in [-0.39, 0.29) is 0 Å². The van der Waals surface area contributed by atoms with Crippen LogP contribution in [-0.2, 0) is 6.42 Å². The maximum Gasteiger partial charge on any atom is 0.0846 e. The van der Waals surface area contributed by atoms with E-state index in [2.05, 4.69) is 10.2 Å². The minimum absolute atomic E-state index is 0.470. The molecule has 1 aromatic heterocycles. The Hall–Kier alpha value is -2.26. The molecule has 3 rings (SSSR count). The number of hydrogen-bond acceptors (Lipinski definition) is 3. The van der Waals surface area contributed by atoms with E-state index in [0.717, 1.165) is 27.7 Å². The van der Waals surface area contributed by atoms with E-state index < -0.39 is 6.10 Å². The van der Waals surface area contributed by atoms with Crippen LogP contribution in [0.15, 0.2) is 54.6 Å². The monoisotopic (exact) mass is 264 g/mol. The zero-order valence-corrected chi connectivity index (χ0v) is 11.3. The SMILES string of the molecule is Cc1nnc(CC(O)c2ccccc2)c2ccccc12. The molecule has 100 valence electrons. The summed E-state index contributed by atoms with van der Waals surface area (Å²) in [7, 11) is 0. The zero-order chi connectivity index (χ0) is 13.9. The van der Waals surface area contributed by atoms with E-state index in [1.807, 2.05) is 61.5 Å². The van der Waals surface area contributed by atoms with Gasteiger partial charge in [0.25, 0.3) is 0 Å². The molecular weight excluding hydrogens is 248 g/mol. The molecule has 0 saturated heterocycles. The molecule has 3 nitrogen and oxygen atoms in total. The van der Waals surface area contributed by atoms with Crippen molar-refractivity contribution < 1.29 is 5.11 Å². The van der Waals surface area contributed by atoms with Crippen LogP contribution in [0.2, 0.25) is 0 Å². The lowest BCUT2D eigenvalue weighted by Crippen LogP contribution is -2.05. The Labute approximate surface area is 117 Å². The summed E-state index contributed by atoms with van der Waals surface area (Å²) >= 11 is 0. The molecule has 3 heteroatoms. The number of hydrogen-bond donors (Lipinski definition) is 1. The first-order valence-electron chi connectivity index (χ1n) is 6.69. The summed E-state index contributed by atoms with van der Waals surface area (Å²) in [5.41, 5.74) is 2.65. The molecule has 1 N–H and O–H groups in total. The molecule has 0 aliphatic heterocycles. The van der Waals surface area contributed by atoms with Crippen molar-refractivity contribution in [3.05, 3.63) is 71.5 Å². The second-order valence-electron chi connectivity index (χ2n) is 4.91. The van der Waals surface area contributed by atoms with Gasteiger partial charge in [0.15, 0.2) is 0 Å². The highest BCUT2D eigenvalue weighted by Crippen LogP contribution is 2.23. The van der Waals surface area contributed by atoms with Crippen LogP contribution in [0.4, 0.5) is 0 Å². The minimum atomic E-state index is -0.559. The van der Waals surface area contributed by atoms with Gasteiger partial charge in [0.05, 0.1) is 17.5 Å². The zero-order valence-electron chi connectivity index (χ0n) is 11.3. The predicted molar refractivity (Wildman–Crippen MR) is 79.4 cm³/mol. The molecule has 0 saturated carbocycles. The lowest BCUT2D eigenvalue weighted by atomic mass is 10.0. The minimum Gasteiger partial charge on any atom is -0.388 e. The molecule has 2 aromatic carbocycles. The van der Waals surface area contributed by atoms with Crippen molar-refractivity contribution in [3.63, 3.8) is 0 Å². The van der Waals surface area contributed by atoms with Crippen molar-refractivity contribution in [1.29, 1.82) is 0 Å². The van der Waals surface area contributed by atoms with Crippen molar-refractivity contribution >= 4 is 10.8 Å². The van der Waals surface area contributed by atoms with Crippen LogP contribution >= 0.6 is 0 Å². The van der Waals surface area contributed by atoms with Gasteiger partial charge in [-0.25, -0.2) is 0 Å². The van der Waals surface area contributed by atoms with Crippen LogP contribution in [0.25, 0.3) is 10.8 Å². The van der Waals surface area contributed by atoms with E-state index in [4.69, 9.17) is 0 Å². The van der Waals surface area contributed by atoms with Crippen LogP contribution < -0.4 is 0 Å². The van der Waals surface area contributed by atoms with Crippen LogP contribution in [0.5, 0.6) is 0 Å². The third kappa shape index (κ3) is 2.40. The first kappa shape index (κ1) is 12.8. The van der Waals surface area contributed by atoms with E-state index in [9.17, 15) is 5.11 Å². The Morgan fingerprint density at radius 3 is 2.30 bits per heavy atom. The van der Waals surface area contributed by atoms with Gasteiger partial charge in [-0.3, -0.25) is 0 Å². The maximum atomic E-state index is 10.3. The Morgan fingerprint density at radius 2 is 1.55 bits per heavy atom.